The topological polar surface area (TPSA) is 67.8 Å². The lowest BCUT2D eigenvalue weighted by Gasteiger charge is -2.09. The summed E-state index contributed by atoms with van der Waals surface area (Å²) in [6, 6.07) is 9.37. The van der Waals surface area contributed by atoms with E-state index in [2.05, 4.69) is 20.3 Å². The largest absolute Gasteiger partial charge is 0.416 e. The second-order valence-corrected chi connectivity index (χ2v) is 5.06. The number of pyridine rings is 1. The molecule has 0 aliphatic rings. The van der Waals surface area contributed by atoms with Crippen molar-refractivity contribution < 1.29 is 18.0 Å². The van der Waals surface area contributed by atoms with Crippen LogP contribution in [0.3, 0.4) is 0 Å². The molecular formula is C17H11F3N4O. The number of aromatic nitrogens is 3. The number of hydrogen-bond donors (Lipinski definition) is 1. The summed E-state index contributed by atoms with van der Waals surface area (Å²) >= 11 is 0. The fraction of sp³-hybridized carbons (Fsp3) is 0.0588. The number of anilines is 1. The summed E-state index contributed by atoms with van der Waals surface area (Å²) in [7, 11) is 0. The molecule has 0 aliphatic carbocycles. The molecular weight excluding hydrogens is 333 g/mol. The first-order valence-corrected chi connectivity index (χ1v) is 7.14. The Morgan fingerprint density at radius 1 is 1.04 bits per heavy atom. The van der Waals surface area contributed by atoms with Gasteiger partial charge >= 0.3 is 6.18 Å². The van der Waals surface area contributed by atoms with E-state index in [0.717, 1.165) is 18.5 Å². The van der Waals surface area contributed by atoms with E-state index in [1.165, 1.54) is 24.4 Å². The Morgan fingerprint density at radius 3 is 2.60 bits per heavy atom. The van der Waals surface area contributed by atoms with E-state index >= 15 is 0 Å². The molecule has 0 bridgehead atoms. The van der Waals surface area contributed by atoms with Crippen molar-refractivity contribution >= 4 is 11.6 Å². The number of hydrogen-bond acceptors (Lipinski definition) is 4. The lowest BCUT2D eigenvalue weighted by molar-refractivity contribution is -0.137. The molecule has 0 saturated carbocycles. The van der Waals surface area contributed by atoms with Gasteiger partial charge in [-0.1, -0.05) is 12.1 Å². The molecule has 5 nitrogen and oxygen atoms in total. The van der Waals surface area contributed by atoms with E-state index in [1.54, 1.807) is 18.3 Å². The van der Waals surface area contributed by atoms with Gasteiger partial charge in [0.05, 0.1) is 23.1 Å². The van der Waals surface area contributed by atoms with Crippen LogP contribution in [-0.2, 0) is 6.18 Å². The lowest BCUT2D eigenvalue weighted by Crippen LogP contribution is -2.14. The second kappa shape index (κ2) is 6.68. The molecule has 3 aromatic rings. The van der Waals surface area contributed by atoms with Crippen LogP contribution in [0.25, 0.3) is 11.3 Å². The molecule has 1 aromatic carbocycles. The highest BCUT2D eigenvalue weighted by Crippen LogP contribution is 2.31. The third kappa shape index (κ3) is 3.97. The number of rotatable bonds is 3. The maximum atomic E-state index is 12.8. The molecule has 0 aliphatic heterocycles. The van der Waals surface area contributed by atoms with E-state index in [4.69, 9.17) is 0 Å². The van der Waals surface area contributed by atoms with Crippen LogP contribution in [-0.4, -0.2) is 20.9 Å². The normalized spacial score (nSPS) is 11.2. The van der Waals surface area contributed by atoms with E-state index in [0.29, 0.717) is 5.69 Å². The zero-order chi connectivity index (χ0) is 17.9. The van der Waals surface area contributed by atoms with Gasteiger partial charge < -0.3 is 5.32 Å². The van der Waals surface area contributed by atoms with Gasteiger partial charge in [-0.2, -0.15) is 13.2 Å². The van der Waals surface area contributed by atoms with Gasteiger partial charge in [-0.05, 0) is 30.3 Å². The van der Waals surface area contributed by atoms with Crippen LogP contribution in [0, 0.1) is 0 Å². The quantitative estimate of drug-likeness (QED) is 0.784. The highest BCUT2D eigenvalue weighted by atomic mass is 19.4. The first kappa shape index (κ1) is 16.6. The van der Waals surface area contributed by atoms with E-state index in [1.807, 2.05) is 0 Å². The number of nitrogens with zero attached hydrogens (tertiary/aromatic N) is 3. The van der Waals surface area contributed by atoms with Crippen molar-refractivity contribution in [3.05, 3.63) is 72.4 Å². The Hall–Kier alpha value is -3.29. The molecule has 3 rings (SSSR count). The number of carbonyl (C=O) groups is 1. The third-order valence-corrected chi connectivity index (χ3v) is 3.30. The number of halogens is 3. The monoisotopic (exact) mass is 344 g/mol. The summed E-state index contributed by atoms with van der Waals surface area (Å²) in [4.78, 5) is 23.9. The molecule has 0 unspecified atom stereocenters. The van der Waals surface area contributed by atoms with Crippen molar-refractivity contribution in [2.75, 3.05) is 5.32 Å². The Morgan fingerprint density at radius 2 is 1.88 bits per heavy atom. The number of carbonyl (C=O) groups excluding carboxylic acids is 1. The fourth-order valence-electron chi connectivity index (χ4n) is 2.13. The molecule has 0 saturated heterocycles. The van der Waals surface area contributed by atoms with Crippen molar-refractivity contribution in [2.45, 2.75) is 6.18 Å². The fourth-order valence-corrected chi connectivity index (χ4v) is 2.13. The van der Waals surface area contributed by atoms with Gasteiger partial charge in [-0.25, -0.2) is 9.97 Å². The summed E-state index contributed by atoms with van der Waals surface area (Å²) in [6.07, 6.45) is -0.295. The van der Waals surface area contributed by atoms with Crippen LogP contribution in [0.15, 0.2) is 61.2 Å². The number of amides is 1. The molecule has 25 heavy (non-hydrogen) atoms. The predicted octanol–water partition coefficient (Wildman–Crippen LogP) is 3.81. The Kier molecular flexibility index (Phi) is 4.42. The summed E-state index contributed by atoms with van der Waals surface area (Å²) < 4.78 is 38.5. The van der Waals surface area contributed by atoms with Gasteiger partial charge in [-0.3, -0.25) is 9.78 Å². The van der Waals surface area contributed by atoms with E-state index < -0.39 is 17.6 Å². The minimum absolute atomic E-state index is 0.0336. The molecule has 0 spiro atoms. The van der Waals surface area contributed by atoms with Gasteiger partial charge in [0.25, 0.3) is 5.91 Å². The summed E-state index contributed by atoms with van der Waals surface area (Å²) in [5.41, 5.74) is 0.188. The average Bonchev–Trinajstić information content (AvgIpc) is 2.62. The SMILES string of the molecule is O=C(Nc1cccnc1)c1cc(-c2cccc(C(F)(F)F)c2)ncn1. The molecule has 0 fully saturated rings. The second-order valence-electron chi connectivity index (χ2n) is 5.06. The molecule has 8 heteroatoms. The highest BCUT2D eigenvalue weighted by molar-refractivity contribution is 6.03. The maximum Gasteiger partial charge on any atom is 0.416 e. The number of benzene rings is 1. The molecule has 1 amide bonds. The Labute approximate surface area is 140 Å². The first-order chi connectivity index (χ1) is 11.9. The molecule has 0 radical (unpaired) electrons. The zero-order valence-corrected chi connectivity index (χ0v) is 12.7. The zero-order valence-electron chi connectivity index (χ0n) is 12.7. The highest BCUT2D eigenvalue weighted by Gasteiger charge is 2.30. The summed E-state index contributed by atoms with van der Waals surface area (Å²) in [5, 5.41) is 2.60. The lowest BCUT2D eigenvalue weighted by atomic mass is 10.1. The van der Waals surface area contributed by atoms with Crippen molar-refractivity contribution in [1.29, 1.82) is 0 Å². The van der Waals surface area contributed by atoms with Crippen molar-refractivity contribution in [1.82, 2.24) is 15.0 Å². The number of alkyl halides is 3. The van der Waals surface area contributed by atoms with Crippen molar-refractivity contribution in [3.8, 4) is 11.3 Å². The standard InChI is InChI=1S/C17H11F3N4O/c18-17(19,20)12-4-1-3-11(7-12)14-8-15(23-10-22-14)16(25)24-13-5-2-6-21-9-13/h1-10H,(H,24,25). The predicted molar refractivity (Wildman–Crippen MR) is 84.7 cm³/mol. The van der Waals surface area contributed by atoms with Crippen LogP contribution >= 0.6 is 0 Å². The Bertz CT molecular complexity index is 898. The molecule has 2 heterocycles. The summed E-state index contributed by atoms with van der Waals surface area (Å²) in [5.74, 6) is -0.511. The minimum atomic E-state index is -4.45. The van der Waals surface area contributed by atoms with Crippen LogP contribution in [0.5, 0.6) is 0 Å². The molecule has 0 atom stereocenters. The van der Waals surface area contributed by atoms with Crippen LogP contribution in [0.4, 0.5) is 18.9 Å². The van der Waals surface area contributed by atoms with E-state index in [9.17, 15) is 18.0 Å². The van der Waals surface area contributed by atoms with Gasteiger partial charge in [0.15, 0.2) is 0 Å². The van der Waals surface area contributed by atoms with Gasteiger partial charge in [0, 0.05) is 11.8 Å². The molecule has 126 valence electrons. The van der Waals surface area contributed by atoms with E-state index in [-0.39, 0.29) is 17.0 Å². The smallest absolute Gasteiger partial charge is 0.319 e. The average molecular weight is 344 g/mol. The number of nitrogens with one attached hydrogen (secondary N) is 1. The first-order valence-electron chi connectivity index (χ1n) is 7.14. The Balaban J connectivity index is 1.88. The van der Waals surface area contributed by atoms with Crippen LogP contribution < -0.4 is 5.32 Å². The van der Waals surface area contributed by atoms with Crippen LogP contribution in [0.2, 0.25) is 0 Å². The van der Waals surface area contributed by atoms with Gasteiger partial charge in [0.1, 0.15) is 12.0 Å². The van der Waals surface area contributed by atoms with Crippen molar-refractivity contribution in [2.24, 2.45) is 0 Å². The minimum Gasteiger partial charge on any atom is -0.319 e. The summed E-state index contributed by atoms with van der Waals surface area (Å²) in [6.45, 7) is 0. The molecule has 2 aromatic heterocycles. The maximum absolute atomic E-state index is 12.8. The van der Waals surface area contributed by atoms with Gasteiger partial charge in [-0.15, -0.1) is 0 Å². The van der Waals surface area contributed by atoms with Gasteiger partial charge in [0.2, 0.25) is 0 Å². The van der Waals surface area contributed by atoms with Crippen LogP contribution in [0.1, 0.15) is 16.1 Å². The molecule has 1 N–H and O–H groups in total. The third-order valence-electron chi connectivity index (χ3n) is 3.30. The van der Waals surface area contributed by atoms with Crippen molar-refractivity contribution in [3.63, 3.8) is 0 Å².